The van der Waals surface area contributed by atoms with E-state index >= 15 is 0 Å². The number of nitrogens with one attached hydrogen (secondary N) is 2. The summed E-state index contributed by atoms with van der Waals surface area (Å²) in [6.45, 7) is 1.59. The maximum atomic E-state index is 12.5. The third-order valence-electron chi connectivity index (χ3n) is 5.18. The highest BCUT2D eigenvalue weighted by molar-refractivity contribution is 5.98. The predicted octanol–water partition coefficient (Wildman–Crippen LogP) is 2.20. The van der Waals surface area contributed by atoms with Crippen molar-refractivity contribution in [1.82, 2.24) is 10.6 Å². The smallest absolute Gasteiger partial charge is 0.337 e. The molecule has 30 heavy (non-hydrogen) atoms. The minimum absolute atomic E-state index is 0.00559. The number of ether oxygens (including phenoxy) is 2. The summed E-state index contributed by atoms with van der Waals surface area (Å²) in [6.07, 6.45) is 4.30. The quantitative estimate of drug-likeness (QED) is 0.498. The SMILES string of the molecule is CCOC(=O)C1=C(COC(=O)CCC(=O)c2ccc3c(c2)CCCC3)NC(=O)NC1. The Balaban J connectivity index is 1.53. The van der Waals surface area contributed by atoms with Crippen molar-refractivity contribution in [3.8, 4) is 0 Å². The van der Waals surface area contributed by atoms with E-state index in [1.54, 1.807) is 6.92 Å². The van der Waals surface area contributed by atoms with Crippen molar-refractivity contribution in [1.29, 1.82) is 0 Å². The minimum atomic E-state index is -0.585. The first-order chi connectivity index (χ1) is 14.5. The fourth-order valence-electron chi connectivity index (χ4n) is 3.56. The molecule has 3 rings (SSSR count). The second kappa shape index (κ2) is 10.0. The van der Waals surface area contributed by atoms with E-state index in [-0.39, 0.29) is 49.7 Å². The van der Waals surface area contributed by atoms with Crippen LogP contribution in [0.1, 0.15) is 54.1 Å². The molecular formula is C22H26N2O6. The lowest BCUT2D eigenvalue weighted by Gasteiger charge is -2.21. The van der Waals surface area contributed by atoms with Crippen molar-refractivity contribution >= 4 is 23.8 Å². The lowest BCUT2D eigenvalue weighted by Crippen LogP contribution is -2.45. The number of fused-ring (bicyclic) bond motifs is 1. The van der Waals surface area contributed by atoms with Gasteiger partial charge in [0.2, 0.25) is 0 Å². The van der Waals surface area contributed by atoms with Crippen molar-refractivity contribution in [3.05, 3.63) is 46.2 Å². The van der Waals surface area contributed by atoms with Crippen LogP contribution >= 0.6 is 0 Å². The van der Waals surface area contributed by atoms with Gasteiger partial charge in [-0.2, -0.15) is 0 Å². The third kappa shape index (κ3) is 5.46. The first kappa shape index (κ1) is 21.5. The Morgan fingerprint density at radius 3 is 2.57 bits per heavy atom. The van der Waals surface area contributed by atoms with Gasteiger partial charge in [0.05, 0.1) is 30.8 Å². The summed E-state index contributed by atoms with van der Waals surface area (Å²) in [6, 6.07) is 5.27. The van der Waals surface area contributed by atoms with E-state index in [9.17, 15) is 19.2 Å². The van der Waals surface area contributed by atoms with Gasteiger partial charge in [0.15, 0.2) is 5.78 Å². The molecule has 8 heteroatoms. The van der Waals surface area contributed by atoms with Gasteiger partial charge in [0.1, 0.15) is 6.61 Å². The number of hydrogen-bond donors (Lipinski definition) is 2. The van der Waals surface area contributed by atoms with Gasteiger partial charge in [-0.15, -0.1) is 0 Å². The molecule has 1 aromatic carbocycles. The summed E-state index contributed by atoms with van der Waals surface area (Å²) in [5, 5.41) is 4.94. The van der Waals surface area contributed by atoms with Crippen LogP contribution in [-0.2, 0) is 31.9 Å². The highest BCUT2D eigenvalue weighted by Crippen LogP contribution is 2.23. The Morgan fingerprint density at radius 2 is 1.80 bits per heavy atom. The number of amides is 2. The molecular weight excluding hydrogens is 388 g/mol. The topological polar surface area (TPSA) is 111 Å². The van der Waals surface area contributed by atoms with Gasteiger partial charge < -0.3 is 20.1 Å². The monoisotopic (exact) mass is 414 g/mol. The molecule has 2 N–H and O–H groups in total. The summed E-state index contributed by atoms with van der Waals surface area (Å²) in [5.74, 6) is -1.27. The molecule has 8 nitrogen and oxygen atoms in total. The Bertz CT molecular complexity index is 890. The van der Waals surface area contributed by atoms with E-state index in [1.165, 1.54) is 17.5 Å². The second-order valence-corrected chi connectivity index (χ2v) is 7.26. The van der Waals surface area contributed by atoms with Crippen LogP contribution in [0.5, 0.6) is 0 Å². The fourth-order valence-corrected chi connectivity index (χ4v) is 3.56. The average molecular weight is 414 g/mol. The third-order valence-corrected chi connectivity index (χ3v) is 5.18. The number of Topliss-reactive ketones (excluding diaryl/α,β-unsaturated/α-hetero) is 1. The number of ketones is 1. The molecule has 0 saturated carbocycles. The number of rotatable bonds is 8. The van der Waals surface area contributed by atoms with Crippen LogP contribution in [0.3, 0.4) is 0 Å². The van der Waals surface area contributed by atoms with Gasteiger partial charge in [-0.1, -0.05) is 12.1 Å². The van der Waals surface area contributed by atoms with Gasteiger partial charge in [0, 0.05) is 12.0 Å². The number of benzene rings is 1. The zero-order chi connectivity index (χ0) is 21.5. The van der Waals surface area contributed by atoms with Crippen LogP contribution in [0.2, 0.25) is 0 Å². The minimum Gasteiger partial charge on any atom is -0.463 e. The Kier molecular flexibility index (Phi) is 7.21. The van der Waals surface area contributed by atoms with Gasteiger partial charge in [-0.25, -0.2) is 9.59 Å². The number of urea groups is 1. The van der Waals surface area contributed by atoms with Crippen molar-refractivity contribution in [2.75, 3.05) is 19.8 Å². The molecule has 0 aromatic heterocycles. The summed E-state index contributed by atoms with van der Waals surface area (Å²) >= 11 is 0. The van der Waals surface area contributed by atoms with E-state index in [2.05, 4.69) is 10.6 Å². The number of carbonyl (C=O) groups is 4. The average Bonchev–Trinajstić information content (AvgIpc) is 2.75. The van der Waals surface area contributed by atoms with Crippen LogP contribution in [0, 0.1) is 0 Å². The molecule has 2 aliphatic rings. The maximum absolute atomic E-state index is 12.5. The first-order valence-corrected chi connectivity index (χ1v) is 10.2. The Morgan fingerprint density at radius 1 is 1.03 bits per heavy atom. The molecule has 1 aliphatic heterocycles. The second-order valence-electron chi connectivity index (χ2n) is 7.26. The van der Waals surface area contributed by atoms with Crippen LogP contribution in [0.15, 0.2) is 29.5 Å². The van der Waals surface area contributed by atoms with Crippen molar-refractivity contribution in [2.45, 2.75) is 45.4 Å². The van der Waals surface area contributed by atoms with Crippen molar-refractivity contribution < 1.29 is 28.7 Å². The molecule has 0 spiro atoms. The highest BCUT2D eigenvalue weighted by Gasteiger charge is 2.24. The molecule has 1 heterocycles. The van der Waals surface area contributed by atoms with Gasteiger partial charge in [-0.3, -0.25) is 9.59 Å². The number of carbonyl (C=O) groups excluding carboxylic acids is 4. The maximum Gasteiger partial charge on any atom is 0.337 e. The standard InChI is InChI=1S/C22H26N2O6/c1-2-29-21(27)17-12-23-22(28)24-18(17)13-30-20(26)10-9-19(25)16-8-7-14-5-3-4-6-15(14)11-16/h7-8,11H,2-6,9-10,12-13H2,1H3,(H2,23,24,28). The molecule has 1 aromatic rings. The van der Waals surface area contributed by atoms with Gasteiger partial charge in [0.25, 0.3) is 0 Å². The summed E-state index contributed by atoms with van der Waals surface area (Å²) in [7, 11) is 0. The highest BCUT2D eigenvalue weighted by atomic mass is 16.5. The summed E-state index contributed by atoms with van der Waals surface area (Å²) < 4.78 is 10.1. The molecule has 0 bridgehead atoms. The molecule has 160 valence electrons. The molecule has 0 fully saturated rings. The Hall–Kier alpha value is -3.16. The molecule has 0 atom stereocenters. The van der Waals surface area contributed by atoms with Crippen molar-refractivity contribution in [3.63, 3.8) is 0 Å². The van der Waals surface area contributed by atoms with E-state index < -0.39 is 18.0 Å². The van der Waals surface area contributed by atoms with E-state index in [4.69, 9.17) is 9.47 Å². The molecule has 0 unspecified atom stereocenters. The van der Waals surface area contributed by atoms with E-state index in [0.717, 1.165) is 19.3 Å². The predicted molar refractivity (Wildman–Crippen MR) is 108 cm³/mol. The molecule has 0 saturated heterocycles. The normalized spacial score (nSPS) is 15.6. The van der Waals surface area contributed by atoms with E-state index in [0.29, 0.717) is 5.56 Å². The lowest BCUT2D eigenvalue weighted by atomic mass is 9.89. The van der Waals surface area contributed by atoms with Gasteiger partial charge >= 0.3 is 18.0 Å². The summed E-state index contributed by atoms with van der Waals surface area (Å²) in [4.78, 5) is 48.1. The van der Waals surface area contributed by atoms with Crippen molar-refractivity contribution in [2.24, 2.45) is 0 Å². The van der Waals surface area contributed by atoms with Crippen LogP contribution < -0.4 is 10.6 Å². The zero-order valence-corrected chi connectivity index (χ0v) is 17.0. The number of esters is 2. The molecule has 0 radical (unpaired) electrons. The van der Waals surface area contributed by atoms with Gasteiger partial charge in [-0.05, 0) is 49.8 Å². The number of aryl methyl sites for hydroxylation is 2. The number of hydrogen-bond acceptors (Lipinski definition) is 6. The van der Waals surface area contributed by atoms with E-state index in [1.807, 2.05) is 18.2 Å². The largest absolute Gasteiger partial charge is 0.463 e. The van der Waals surface area contributed by atoms with Crippen LogP contribution in [0.25, 0.3) is 0 Å². The van der Waals surface area contributed by atoms with Crippen LogP contribution in [0.4, 0.5) is 4.79 Å². The lowest BCUT2D eigenvalue weighted by molar-refractivity contribution is -0.143. The molecule has 2 amide bonds. The Labute approximate surface area is 175 Å². The molecule has 1 aliphatic carbocycles. The zero-order valence-electron chi connectivity index (χ0n) is 17.0. The first-order valence-electron chi connectivity index (χ1n) is 10.2. The van der Waals surface area contributed by atoms with Crippen LogP contribution in [-0.4, -0.2) is 43.5 Å². The summed E-state index contributed by atoms with van der Waals surface area (Å²) in [5.41, 5.74) is 3.52. The fraction of sp³-hybridized carbons (Fsp3) is 0.455.